The Labute approximate surface area is 183 Å². The van der Waals surface area contributed by atoms with Crippen molar-refractivity contribution in [1.82, 2.24) is 0 Å². The van der Waals surface area contributed by atoms with Crippen molar-refractivity contribution < 1.29 is 8.78 Å². The third-order valence-electron chi connectivity index (χ3n) is 5.72. The van der Waals surface area contributed by atoms with E-state index in [0.29, 0.717) is 5.56 Å². The molecule has 0 atom stereocenters. The van der Waals surface area contributed by atoms with Gasteiger partial charge in [-0.25, -0.2) is 8.78 Å². The monoisotopic (exact) mass is 412 g/mol. The molecule has 0 heterocycles. The van der Waals surface area contributed by atoms with Crippen LogP contribution in [-0.2, 0) is 6.42 Å². The molecule has 0 nitrogen and oxygen atoms in total. The van der Waals surface area contributed by atoms with Crippen molar-refractivity contribution in [2.75, 3.05) is 0 Å². The number of unbranched alkanes of at least 4 members (excludes halogenated alkanes) is 2. The molecule has 0 amide bonds. The Morgan fingerprint density at radius 3 is 1.55 bits per heavy atom. The molecule has 4 rings (SSSR count). The zero-order chi connectivity index (χ0) is 21.6. The Kier molecular flexibility index (Phi) is 6.57. The highest BCUT2D eigenvalue weighted by atomic mass is 19.2. The second-order valence-electron chi connectivity index (χ2n) is 7.91. The molecule has 0 saturated heterocycles. The molecule has 4 aromatic carbocycles. The lowest BCUT2D eigenvalue weighted by Gasteiger charge is -2.08. The van der Waals surface area contributed by atoms with E-state index in [-0.39, 0.29) is 5.56 Å². The molecule has 0 aromatic heterocycles. The van der Waals surface area contributed by atoms with E-state index in [0.717, 1.165) is 23.6 Å². The van der Waals surface area contributed by atoms with Crippen LogP contribution in [-0.4, -0.2) is 0 Å². The topological polar surface area (TPSA) is 0 Å². The number of hydrogen-bond acceptors (Lipinski definition) is 0. The molecule has 0 aliphatic carbocycles. The maximum atomic E-state index is 14.0. The molecule has 4 aromatic rings. The Morgan fingerprint density at radius 1 is 0.548 bits per heavy atom. The van der Waals surface area contributed by atoms with Gasteiger partial charge in [-0.1, -0.05) is 105 Å². The van der Waals surface area contributed by atoms with Crippen LogP contribution in [0.2, 0.25) is 0 Å². The summed E-state index contributed by atoms with van der Waals surface area (Å²) in [5, 5.41) is 0. The highest BCUT2D eigenvalue weighted by Crippen LogP contribution is 2.29. The van der Waals surface area contributed by atoms with E-state index < -0.39 is 11.6 Å². The molecule has 0 radical (unpaired) electrons. The van der Waals surface area contributed by atoms with E-state index in [1.165, 1.54) is 42.0 Å². The molecule has 0 fully saturated rings. The summed E-state index contributed by atoms with van der Waals surface area (Å²) in [6.07, 6.45) is 4.91. The summed E-state index contributed by atoms with van der Waals surface area (Å²) in [5.74, 6) is -1.64. The quantitative estimate of drug-likeness (QED) is 0.266. The lowest BCUT2D eigenvalue weighted by molar-refractivity contribution is 0.511. The summed E-state index contributed by atoms with van der Waals surface area (Å²) in [5.41, 5.74) is 6.86. The first-order valence-corrected chi connectivity index (χ1v) is 10.9. The second-order valence-corrected chi connectivity index (χ2v) is 7.91. The normalized spacial score (nSPS) is 10.9. The van der Waals surface area contributed by atoms with Gasteiger partial charge in [0.05, 0.1) is 0 Å². The third kappa shape index (κ3) is 4.91. The van der Waals surface area contributed by atoms with Crippen molar-refractivity contribution in [3.8, 4) is 33.4 Å². The van der Waals surface area contributed by atoms with E-state index in [2.05, 4.69) is 55.5 Å². The van der Waals surface area contributed by atoms with Crippen LogP contribution >= 0.6 is 0 Å². The Hall–Kier alpha value is -3.26. The van der Waals surface area contributed by atoms with E-state index in [1.54, 1.807) is 6.07 Å². The molecule has 0 unspecified atom stereocenters. The molecule has 0 saturated carbocycles. The van der Waals surface area contributed by atoms with Gasteiger partial charge in [-0.2, -0.15) is 0 Å². The number of halogens is 2. The largest absolute Gasteiger partial charge is 0.204 e. The molecular weight excluding hydrogens is 386 g/mol. The average molecular weight is 413 g/mol. The lowest BCUT2D eigenvalue weighted by Crippen LogP contribution is -1.89. The van der Waals surface area contributed by atoms with Crippen molar-refractivity contribution in [3.63, 3.8) is 0 Å². The van der Waals surface area contributed by atoms with Gasteiger partial charge < -0.3 is 0 Å². The Morgan fingerprint density at radius 2 is 1.03 bits per heavy atom. The van der Waals surface area contributed by atoms with Gasteiger partial charge >= 0.3 is 0 Å². The molecule has 0 bridgehead atoms. The lowest BCUT2D eigenvalue weighted by atomic mass is 9.97. The van der Waals surface area contributed by atoms with Crippen LogP contribution in [0.3, 0.4) is 0 Å². The fourth-order valence-electron chi connectivity index (χ4n) is 3.87. The highest BCUT2D eigenvalue weighted by Gasteiger charge is 2.10. The minimum atomic E-state index is -0.828. The molecule has 0 aliphatic rings. The first kappa shape index (κ1) is 21.0. The van der Waals surface area contributed by atoms with Crippen LogP contribution in [0.25, 0.3) is 33.4 Å². The zero-order valence-corrected chi connectivity index (χ0v) is 17.7. The maximum Gasteiger partial charge on any atom is 0.166 e. The fraction of sp³-hybridized carbons (Fsp3) is 0.172. The van der Waals surface area contributed by atoms with Gasteiger partial charge in [0.1, 0.15) is 0 Å². The first-order chi connectivity index (χ1) is 15.2. The summed E-state index contributed by atoms with van der Waals surface area (Å²) in [4.78, 5) is 0. The molecule has 31 heavy (non-hydrogen) atoms. The van der Waals surface area contributed by atoms with Gasteiger partial charge in [-0.3, -0.25) is 0 Å². The van der Waals surface area contributed by atoms with Gasteiger partial charge in [0.25, 0.3) is 0 Å². The standard InChI is InChI=1S/C29H26F2/c1-2-3-4-6-21-9-11-22(12-10-21)23-13-15-24(16-14-23)25-17-19-26(20-18-25)27-7-5-8-28(30)29(27)31/h5,7-20H,2-4,6H2,1H3. The van der Waals surface area contributed by atoms with Crippen LogP contribution in [0.1, 0.15) is 31.7 Å². The van der Waals surface area contributed by atoms with Crippen molar-refractivity contribution in [3.05, 3.63) is 108 Å². The van der Waals surface area contributed by atoms with Gasteiger partial charge in [-0.15, -0.1) is 0 Å². The first-order valence-electron chi connectivity index (χ1n) is 10.9. The van der Waals surface area contributed by atoms with Gasteiger partial charge in [0.2, 0.25) is 0 Å². The molecule has 156 valence electrons. The van der Waals surface area contributed by atoms with E-state index in [4.69, 9.17) is 0 Å². The fourth-order valence-corrected chi connectivity index (χ4v) is 3.87. The zero-order valence-electron chi connectivity index (χ0n) is 17.7. The highest BCUT2D eigenvalue weighted by molar-refractivity contribution is 5.73. The van der Waals surface area contributed by atoms with Gasteiger partial charge in [0, 0.05) is 5.56 Å². The molecular formula is C29H26F2. The van der Waals surface area contributed by atoms with Crippen molar-refractivity contribution in [1.29, 1.82) is 0 Å². The van der Waals surface area contributed by atoms with Crippen LogP contribution < -0.4 is 0 Å². The minimum Gasteiger partial charge on any atom is -0.204 e. The van der Waals surface area contributed by atoms with E-state index in [9.17, 15) is 8.78 Å². The summed E-state index contributed by atoms with van der Waals surface area (Å²) in [6.45, 7) is 2.23. The second kappa shape index (κ2) is 9.70. The van der Waals surface area contributed by atoms with Crippen LogP contribution in [0, 0.1) is 11.6 Å². The predicted molar refractivity (Wildman–Crippen MR) is 126 cm³/mol. The van der Waals surface area contributed by atoms with Gasteiger partial charge in [-0.05, 0) is 52.3 Å². The van der Waals surface area contributed by atoms with Gasteiger partial charge in [0.15, 0.2) is 11.6 Å². The molecule has 0 N–H and O–H groups in total. The smallest absolute Gasteiger partial charge is 0.166 e. The number of benzene rings is 4. The average Bonchev–Trinajstić information content (AvgIpc) is 2.82. The summed E-state index contributed by atoms with van der Waals surface area (Å²) in [6, 6.07) is 29.1. The number of hydrogen-bond donors (Lipinski definition) is 0. The minimum absolute atomic E-state index is 0.278. The summed E-state index contributed by atoms with van der Waals surface area (Å²) < 4.78 is 27.5. The van der Waals surface area contributed by atoms with Crippen LogP contribution in [0.4, 0.5) is 8.78 Å². The molecule has 0 aliphatic heterocycles. The predicted octanol–water partition coefficient (Wildman–Crippen LogP) is 8.70. The Bertz CT molecular complexity index is 1120. The summed E-state index contributed by atoms with van der Waals surface area (Å²) >= 11 is 0. The van der Waals surface area contributed by atoms with E-state index in [1.807, 2.05) is 24.3 Å². The number of rotatable bonds is 7. The maximum absolute atomic E-state index is 14.0. The summed E-state index contributed by atoms with van der Waals surface area (Å²) in [7, 11) is 0. The third-order valence-corrected chi connectivity index (χ3v) is 5.72. The van der Waals surface area contributed by atoms with Crippen molar-refractivity contribution >= 4 is 0 Å². The molecule has 2 heteroatoms. The Balaban J connectivity index is 1.48. The molecule has 0 spiro atoms. The van der Waals surface area contributed by atoms with Crippen LogP contribution in [0.15, 0.2) is 91.0 Å². The van der Waals surface area contributed by atoms with Crippen molar-refractivity contribution in [2.24, 2.45) is 0 Å². The van der Waals surface area contributed by atoms with Crippen molar-refractivity contribution in [2.45, 2.75) is 32.6 Å². The SMILES string of the molecule is CCCCCc1ccc(-c2ccc(-c3ccc(-c4cccc(F)c4F)cc3)cc2)cc1. The van der Waals surface area contributed by atoms with E-state index >= 15 is 0 Å². The number of aryl methyl sites for hydroxylation is 1. The van der Waals surface area contributed by atoms with Crippen LogP contribution in [0.5, 0.6) is 0 Å².